The van der Waals surface area contributed by atoms with Crippen molar-refractivity contribution in [3.63, 3.8) is 0 Å². The number of phenols is 1. The third-order valence-electron chi connectivity index (χ3n) is 14.5. The lowest BCUT2D eigenvalue weighted by Gasteiger charge is -2.33. The van der Waals surface area contributed by atoms with Gasteiger partial charge in [0.05, 0.1) is 35.5 Å². The van der Waals surface area contributed by atoms with E-state index in [9.17, 15) is 29.4 Å². The number of aliphatic hydroxyl groups excluding tert-OH is 1. The number of ketones is 1. The van der Waals surface area contributed by atoms with Gasteiger partial charge in [0.15, 0.2) is 22.3 Å². The normalized spacial score (nSPS) is 33.3. The van der Waals surface area contributed by atoms with Crippen LogP contribution in [-0.2, 0) is 28.5 Å². The highest BCUT2D eigenvalue weighted by Gasteiger charge is 2.51. The summed E-state index contributed by atoms with van der Waals surface area (Å²) in [6.07, 6.45) is 7.66. The molecule has 2 saturated carbocycles. The van der Waals surface area contributed by atoms with Crippen LogP contribution in [0.3, 0.4) is 0 Å². The van der Waals surface area contributed by atoms with Crippen molar-refractivity contribution in [3.8, 4) is 17.2 Å². The number of anilines is 1. The van der Waals surface area contributed by atoms with Gasteiger partial charge in [0, 0.05) is 67.8 Å². The van der Waals surface area contributed by atoms with Crippen molar-refractivity contribution >= 4 is 56.3 Å². The molecule has 1 aromatic heterocycles. The molecule has 16 heteroatoms. The minimum absolute atomic E-state index is 0.00741. The van der Waals surface area contributed by atoms with Crippen molar-refractivity contribution in [1.29, 1.82) is 0 Å². The number of nitrogens with one attached hydrogen (secondary N) is 2. The Balaban J connectivity index is 1.14. The fraction of sp³-hybridized carbons (Fsp3) is 0.510. The number of aromatic hydroxyl groups is 1. The zero-order valence-electron chi connectivity index (χ0n) is 39.0. The Morgan fingerprint density at radius 1 is 1.03 bits per heavy atom. The largest absolute Gasteiger partial charge is 0.505 e. The number of phenolic OH excluding ortho intramolecular Hbond substituents is 1. The average molecular weight is 922 g/mol. The number of Topliss-reactive ketones (excluding diaryl/α,β-unsaturated/α-hetero) is 1. The molecule has 0 spiro atoms. The Morgan fingerprint density at radius 2 is 1.79 bits per heavy atom. The van der Waals surface area contributed by atoms with Crippen LogP contribution in [0.1, 0.15) is 76.7 Å². The Labute approximate surface area is 387 Å². The van der Waals surface area contributed by atoms with Gasteiger partial charge in [0.2, 0.25) is 0 Å². The van der Waals surface area contributed by atoms with Gasteiger partial charge in [-0.1, -0.05) is 39.0 Å². The van der Waals surface area contributed by atoms with Crippen molar-refractivity contribution in [2.45, 2.75) is 104 Å². The fourth-order valence-electron chi connectivity index (χ4n) is 10.6. The smallest absolute Gasteiger partial charge is 0.312 e. The fourth-order valence-corrected chi connectivity index (χ4v) is 10.6. The van der Waals surface area contributed by atoms with Gasteiger partial charge in [-0.3, -0.25) is 19.2 Å². The van der Waals surface area contributed by atoms with E-state index in [1.165, 1.54) is 59.5 Å². The van der Waals surface area contributed by atoms with Gasteiger partial charge >= 0.3 is 11.8 Å². The molecule has 6 aliphatic rings. The summed E-state index contributed by atoms with van der Waals surface area (Å²) < 4.78 is 43.1. The number of fused-ring (bicyclic) bond motifs is 10. The zero-order chi connectivity index (χ0) is 47.6. The summed E-state index contributed by atoms with van der Waals surface area (Å²) in [7, 11) is 1.46. The van der Waals surface area contributed by atoms with Crippen LogP contribution >= 0.6 is 0 Å². The van der Waals surface area contributed by atoms with E-state index in [1.54, 1.807) is 44.2 Å². The number of aromatic nitrogens is 1. The summed E-state index contributed by atoms with van der Waals surface area (Å²) in [6.45, 7) is 13.3. The standard InChI is InChI=1S/C51H59N3O13/c1-23-10-9-11-24(2)50(60)54-40-43(58)37-36(39-47(40)65-35-21-32(12-13-33(35)53-39)62-17-15-52-22-29-18-30-20-31(30)19-29)38-45(26(4)41(37)56)67-51(7,49(38)59)63-16-14-34(61-8)25(3)46(64-28(6)55)48-42(57)27(5)44(23)66-48/h9-14,16,21,23,25,27,29-31,34,42,44,46,48,52,57-58H,15,17-20,22H2,1-8H3,(H,54,60)/b10-9+,16-14+,24-11-/t23-,25+,27-,29?,30?,31?,34-,42+,44-,46+,48+,51-/m0/s1. The SMILES string of the molecule is CO[C@H]1/C=C/O[C@@]2(C)Oc3c(C)c(=O)c4c(O)c(c5oc6cc(OCCNCC7CC8CC8C7)ccc6nc5c4c3C2=O)NC(=O)/C(C)=C\C=C\[C@H](C)[C@@H]2O[C@H]([C@H](O)[C@@H]2C)[C@H](OC(C)=O)[C@@H]1C. The van der Waals surface area contributed by atoms with E-state index in [-0.39, 0.29) is 67.4 Å². The van der Waals surface area contributed by atoms with Gasteiger partial charge in [-0.05, 0) is 75.6 Å². The molecular formula is C51H59N3O13. The lowest BCUT2D eigenvalue weighted by Crippen LogP contribution is -2.46. The van der Waals surface area contributed by atoms with Crippen molar-refractivity contribution in [1.82, 2.24) is 10.3 Å². The molecule has 0 radical (unpaired) electrons. The second kappa shape index (κ2) is 18.0. The molecule has 2 aliphatic carbocycles. The molecule has 7 bridgehead atoms. The summed E-state index contributed by atoms with van der Waals surface area (Å²) in [4.78, 5) is 60.6. The Kier molecular flexibility index (Phi) is 12.5. The summed E-state index contributed by atoms with van der Waals surface area (Å²) in [5.41, 5.74) is -0.260. The summed E-state index contributed by atoms with van der Waals surface area (Å²) >= 11 is 0. The predicted molar refractivity (Wildman–Crippen MR) is 248 cm³/mol. The molecular weight excluding hydrogens is 863 g/mol. The van der Waals surface area contributed by atoms with Crippen LogP contribution in [-0.4, -0.2) is 96.0 Å². The van der Waals surface area contributed by atoms with Crippen molar-refractivity contribution in [2.24, 2.45) is 35.5 Å². The minimum atomic E-state index is -2.03. The van der Waals surface area contributed by atoms with Gasteiger partial charge in [0.1, 0.15) is 47.0 Å². The maximum absolute atomic E-state index is 14.8. The number of carbonyl (C=O) groups excluding carboxylic acids is 3. The lowest BCUT2D eigenvalue weighted by atomic mass is 9.86. The van der Waals surface area contributed by atoms with E-state index in [0.29, 0.717) is 30.3 Å². The van der Waals surface area contributed by atoms with E-state index >= 15 is 0 Å². The first kappa shape index (κ1) is 46.3. The Hall–Kier alpha value is -5.81. The first-order valence-electron chi connectivity index (χ1n) is 23.2. The quantitative estimate of drug-likeness (QED) is 0.0471. The topological polar surface area (TPSA) is 214 Å². The number of rotatable bonds is 8. The molecule has 67 heavy (non-hydrogen) atoms. The number of allylic oxidation sites excluding steroid dienone is 2. The molecule has 3 aromatic carbocycles. The highest BCUT2D eigenvalue weighted by atomic mass is 16.7. The average Bonchev–Trinajstić information content (AvgIpc) is 3.66. The van der Waals surface area contributed by atoms with Crippen LogP contribution in [0, 0.1) is 42.4 Å². The number of hydrogen-bond acceptors (Lipinski definition) is 15. The molecule has 5 heterocycles. The minimum Gasteiger partial charge on any atom is -0.505 e. The summed E-state index contributed by atoms with van der Waals surface area (Å²) in [6, 6.07) is 5.11. The van der Waals surface area contributed by atoms with Crippen LogP contribution in [0.15, 0.2) is 63.6 Å². The number of amides is 1. The van der Waals surface area contributed by atoms with E-state index in [4.69, 9.17) is 37.8 Å². The van der Waals surface area contributed by atoms with E-state index in [0.717, 1.165) is 18.4 Å². The van der Waals surface area contributed by atoms with Crippen LogP contribution in [0.5, 0.6) is 17.2 Å². The van der Waals surface area contributed by atoms with Gasteiger partial charge in [-0.15, -0.1) is 0 Å². The molecule has 4 aromatic rings. The molecule has 3 fully saturated rings. The van der Waals surface area contributed by atoms with Gasteiger partial charge in [-0.25, -0.2) is 4.98 Å². The Morgan fingerprint density at radius 3 is 2.52 bits per heavy atom. The van der Waals surface area contributed by atoms with Crippen molar-refractivity contribution < 1.29 is 57.4 Å². The maximum Gasteiger partial charge on any atom is 0.312 e. The van der Waals surface area contributed by atoms with Crippen molar-refractivity contribution in [2.75, 3.05) is 32.1 Å². The molecule has 356 valence electrons. The first-order chi connectivity index (χ1) is 32.0. The number of methoxy groups -OCH3 is 1. The van der Waals surface area contributed by atoms with E-state index in [1.807, 2.05) is 19.9 Å². The second-order valence-corrected chi connectivity index (χ2v) is 19.2. The number of esters is 1. The number of hydrogen-bond donors (Lipinski definition) is 4. The molecule has 11 atom stereocenters. The molecule has 4 aliphatic heterocycles. The van der Waals surface area contributed by atoms with Crippen LogP contribution < -0.4 is 25.5 Å². The van der Waals surface area contributed by atoms with Gasteiger partial charge < -0.3 is 53.7 Å². The van der Waals surface area contributed by atoms with Gasteiger partial charge in [-0.2, -0.15) is 0 Å². The lowest BCUT2D eigenvalue weighted by molar-refractivity contribution is -0.168. The molecule has 4 N–H and O–H groups in total. The Bertz CT molecular complexity index is 2810. The highest BCUT2D eigenvalue weighted by Crippen LogP contribution is 2.54. The summed E-state index contributed by atoms with van der Waals surface area (Å²) in [5.74, 6) is -2.85. The predicted octanol–water partition coefficient (Wildman–Crippen LogP) is 6.78. The second-order valence-electron chi connectivity index (χ2n) is 19.2. The van der Waals surface area contributed by atoms with Crippen LogP contribution in [0.25, 0.3) is 33.0 Å². The molecule has 10 rings (SSSR count). The number of benzene rings is 3. The number of aliphatic hydroxyl groups is 1. The van der Waals surface area contributed by atoms with Crippen LogP contribution in [0.4, 0.5) is 5.69 Å². The van der Waals surface area contributed by atoms with E-state index < -0.39 is 71.1 Å². The number of ether oxygens (including phenoxy) is 6. The number of nitrogens with zero attached hydrogens (tertiary/aromatic N) is 1. The summed E-state index contributed by atoms with van der Waals surface area (Å²) in [5, 5.41) is 29.6. The molecule has 2 unspecified atom stereocenters. The molecule has 16 nitrogen and oxygen atoms in total. The van der Waals surface area contributed by atoms with E-state index in [2.05, 4.69) is 10.6 Å². The molecule has 1 amide bonds. The monoisotopic (exact) mass is 921 g/mol. The number of carbonyl (C=O) groups is 3. The first-order valence-corrected chi connectivity index (χ1v) is 23.2. The maximum atomic E-state index is 14.8. The highest BCUT2D eigenvalue weighted by molar-refractivity contribution is 6.26. The molecule has 1 saturated heterocycles. The zero-order valence-corrected chi connectivity index (χ0v) is 39.0. The van der Waals surface area contributed by atoms with Crippen molar-refractivity contribution in [3.05, 3.63) is 75.7 Å². The van der Waals surface area contributed by atoms with Crippen LogP contribution in [0.2, 0.25) is 0 Å². The van der Waals surface area contributed by atoms with Gasteiger partial charge in [0.25, 0.3) is 11.7 Å². The third kappa shape index (κ3) is 8.46. The third-order valence-corrected chi connectivity index (χ3v) is 14.5.